The van der Waals surface area contributed by atoms with Crippen LogP contribution in [0.1, 0.15) is 35.2 Å². The number of aliphatic hydroxyl groups excluding tert-OH is 1. The van der Waals surface area contributed by atoms with Crippen LogP contribution >= 0.6 is 0 Å². The lowest BCUT2D eigenvalue weighted by Crippen LogP contribution is -2.48. The first kappa shape index (κ1) is 20.7. The molecule has 1 N–H and O–H groups in total. The average molecular weight is 418 g/mol. The first-order valence-electron chi connectivity index (χ1n) is 11.9. The Morgan fingerprint density at radius 3 is 2.42 bits per heavy atom. The smallest absolute Gasteiger partial charge is 0.0845 e. The van der Waals surface area contributed by atoms with E-state index in [0.717, 1.165) is 45.7 Å². The SMILES string of the molecule is Cc1ccc2c(c1)c1c(n2CC(O)CN2CCN(Cc3ccccc3)CC2)CCCC1. The van der Waals surface area contributed by atoms with Crippen LogP contribution in [0.4, 0.5) is 0 Å². The number of benzene rings is 2. The number of hydrogen-bond donors (Lipinski definition) is 1. The summed E-state index contributed by atoms with van der Waals surface area (Å²) in [6.45, 7) is 8.89. The van der Waals surface area contributed by atoms with Crippen molar-refractivity contribution in [1.82, 2.24) is 14.4 Å². The number of hydrogen-bond acceptors (Lipinski definition) is 3. The standard InChI is InChI=1S/C27H35N3O/c1-21-11-12-27-25(17-21)24-9-5-6-10-26(24)30(27)20-23(31)19-29-15-13-28(14-16-29)18-22-7-3-2-4-8-22/h2-4,7-8,11-12,17,23,31H,5-6,9-10,13-16,18-20H2,1H3. The van der Waals surface area contributed by atoms with E-state index < -0.39 is 0 Å². The minimum atomic E-state index is -0.330. The molecule has 3 aromatic rings. The molecule has 0 spiro atoms. The molecule has 2 heterocycles. The van der Waals surface area contributed by atoms with Gasteiger partial charge < -0.3 is 9.67 Å². The van der Waals surface area contributed by atoms with Crippen molar-refractivity contribution in [2.45, 2.75) is 51.8 Å². The molecule has 164 valence electrons. The second-order valence-electron chi connectivity index (χ2n) is 9.48. The molecular weight excluding hydrogens is 382 g/mol. The summed E-state index contributed by atoms with van der Waals surface area (Å²) in [5, 5.41) is 12.4. The van der Waals surface area contributed by atoms with Crippen LogP contribution in [-0.2, 0) is 25.9 Å². The molecular formula is C27H35N3O. The second-order valence-corrected chi connectivity index (χ2v) is 9.48. The third kappa shape index (κ3) is 4.57. The first-order valence-corrected chi connectivity index (χ1v) is 11.9. The molecule has 1 fully saturated rings. The maximum absolute atomic E-state index is 11.0. The summed E-state index contributed by atoms with van der Waals surface area (Å²) >= 11 is 0. The van der Waals surface area contributed by atoms with Gasteiger partial charge in [-0.3, -0.25) is 9.80 Å². The Kier molecular flexibility index (Phi) is 6.13. The number of piperazine rings is 1. The topological polar surface area (TPSA) is 31.6 Å². The van der Waals surface area contributed by atoms with E-state index in [0.29, 0.717) is 6.54 Å². The van der Waals surface area contributed by atoms with E-state index in [4.69, 9.17) is 0 Å². The predicted molar refractivity (Wildman–Crippen MR) is 127 cm³/mol. The van der Waals surface area contributed by atoms with Crippen LogP contribution in [0.3, 0.4) is 0 Å². The zero-order valence-corrected chi connectivity index (χ0v) is 18.8. The lowest BCUT2D eigenvalue weighted by Gasteiger charge is -2.35. The zero-order valence-electron chi connectivity index (χ0n) is 18.8. The molecule has 0 amide bonds. The van der Waals surface area contributed by atoms with Gasteiger partial charge in [-0.1, -0.05) is 42.0 Å². The average Bonchev–Trinajstić information content (AvgIpc) is 3.09. The van der Waals surface area contributed by atoms with Crippen molar-refractivity contribution < 1.29 is 5.11 Å². The monoisotopic (exact) mass is 417 g/mol. The summed E-state index contributed by atoms with van der Waals surface area (Å²) in [6.07, 6.45) is 4.55. The Hall–Kier alpha value is -2.14. The molecule has 1 aliphatic carbocycles. The molecule has 2 aliphatic rings. The molecule has 1 aliphatic heterocycles. The van der Waals surface area contributed by atoms with Crippen molar-refractivity contribution in [1.29, 1.82) is 0 Å². The molecule has 4 heteroatoms. The molecule has 31 heavy (non-hydrogen) atoms. The highest BCUT2D eigenvalue weighted by Crippen LogP contribution is 2.33. The minimum absolute atomic E-state index is 0.330. The van der Waals surface area contributed by atoms with Crippen molar-refractivity contribution in [2.24, 2.45) is 0 Å². The van der Waals surface area contributed by atoms with Gasteiger partial charge in [-0.25, -0.2) is 0 Å². The number of nitrogens with zero attached hydrogens (tertiary/aromatic N) is 3. The van der Waals surface area contributed by atoms with Gasteiger partial charge in [0.2, 0.25) is 0 Å². The highest BCUT2D eigenvalue weighted by molar-refractivity contribution is 5.86. The van der Waals surface area contributed by atoms with E-state index in [-0.39, 0.29) is 6.10 Å². The van der Waals surface area contributed by atoms with Gasteiger partial charge in [0.05, 0.1) is 12.6 Å². The third-order valence-corrected chi connectivity index (χ3v) is 7.11. The van der Waals surface area contributed by atoms with Crippen molar-refractivity contribution >= 4 is 10.9 Å². The van der Waals surface area contributed by atoms with Crippen LogP contribution in [0.25, 0.3) is 10.9 Å². The fourth-order valence-corrected chi connectivity index (χ4v) is 5.50. The fraction of sp³-hybridized carbons (Fsp3) is 0.481. The van der Waals surface area contributed by atoms with Crippen molar-refractivity contribution in [2.75, 3.05) is 32.7 Å². The summed E-state index contributed by atoms with van der Waals surface area (Å²) in [7, 11) is 0. The van der Waals surface area contributed by atoms with Crippen LogP contribution < -0.4 is 0 Å². The van der Waals surface area contributed by atoms with E-state index in [1.807, 2.05) is 0 Å². The van der Waals surface area contributed by atoms with E-state index in [1.54, 1.807) is 0 Å². The van der Waals surface area contributed by atoms with Gasteiger partial charge in [0, 0.05) is 55.9 Å². The lowest BCUT2D eigenvalue weighted by atomic mass is 9.95. The Labute approximate surface area is 186 Å². The van der Waals surface area contributed by atoms with E-state index in [2.05, 4.69) is 69.8 Å². The number of aryl methyl sites for hydroxylation is 2. The highest BCUT2D eigenvalue weighted by Gasteiger charge is 2.23. The van der Waals surface area contributed by atoms with Gasteiger partial charge in [0.25, 0.3) is 0 Å². The van der Waals surface area contributed by atoms with Gasteiger partial charge in [-0.2, -0.15) is 0 Å². The van der Waals surface area contributed by atoms with Crippen molar-refractivity contribution in [3.8, 4) is 0 Å². The predicted octanol–water partition coefficient (Wildman–Crippen LogP) is 4.01. The van der Waals surface area contributed by atoms with Crippen LogP contribution in [0.5, 0.6) is 0 Å². The van der Waals surface area contributed by atoms with Crippen LogP contribution in [0.15, 0.2) is 48.5 Å². The van der Waals surface area contributed by atoms with Crippen molar-refractivity contribution in [3.05, 3.63) is 70.9 Å². The van der Waals surface area contributed by atoms with E-state index in [1.165, 1.54) is 52.5 Å². The molecule has 0 saturated carbocycles. The molecule has 2 aromatic carbocycles. The zero-order chi connectivity index (χ0) is 21.2. The quantitative estimate of drug-likeness (QED) is 0.658. The maximum Gasteiger partial charge on any atom is 0.0845 e. The Morgan fingerprint density at radius 2 is 1.61 bits per heavy atom. The molecule has 5 rings (SSSR count). The first-order chi connectivity index (χ1) is 15.2. The molecule has 1 atom stereocenters. The van der Waals surface area contributed by atoms with Gasteiger partial charge in [-0.15, -0.1) is 0 Å². The lowest BCUT2D eigenvalue weighted by molar-refractivity contribution is 0.0624. The normalized spacial score (nSPS) is 18.9. The Balaban J connectivity index is 1.22. The second kappa shape index (κ2) is 9.15. The molecule has 0 radical (unpaired) electrons. The number of aliphatic hydroxyl groups is 1. The largest absolute Gasteiger partial charge is 0.390 e. The third-order valence-electron chi connectivity index (χ3n) is 7.11. The molecule has 4 nitrogen and oxygen atoms in total. The Morgan fingerprint density at radius 1 is 0.871 bits per heavy atom. The minimum Gasteiger partial charge on any atom is -0.390 e. The van der Waals surface area contributed by atoms with E-state index >= 15 is 0 Å². The van der Waals surface area contributed by atoms with Gasteiger partial charge >= 0.3 is 0 Å². The van der Waals surface area contributed by atoms with Crippen LogP contribution in [0, 0.1) is 6.92 Å². The highest BCUT2D eigenvalue weighted by atomic mass is 16.3. The van der Waals surface area contributed by atoms with Gasteiger partial charge in [0.15, 0.2) is 0 Å². The fourth-order valence-electron chi connectivity index (χ4n) is 5.50. The molecule has 1 unspecified atom stereocenters. The van der Waals surface area contributed by atoms with Crippen LogP contribution in [-0.4, -0.2) is 58.3 Å². The number of aromatic nitrogens is 1. The summed E-state index contributed by atoms with van der Waals surface area (Å²) in [4.78, 5) is 4.96. The maximum atomic E-state index is 11.0. The Bertz CT molecular complexity index is 1020. The summed E-state index contributed by atoms with van der Waals surface area (Å²) in [5.74, 6) is 0. The number of β-amino-alcohol motifs (C(OH)–C–C–N with tert-alkyl or cyclic N) is 1. The number of fused-ring (bicyclic) bond motifs is 3. The summed E-state index contributed by atoms with van der Waals surface area (Å²) in [5.41, 5.74) is 7.02. The van der Waals surface area contributed by atoms with Gasteiger partial charge in [0.1, 0.15) is 0 Å². The summed E-state index contributed by atoms with van der Waals surface area (Å²) < 4.78 is 2.43. The van der Waals surface area contributed by atoms with Gasteiger partial charge in [-0.05, 0) is 55.9 Å². The number of rotatable bonds is 6. The van der Waals surface area contributed by atoms with E-state index in [9.17, 15) is 5.11 Å². The summed E-state index contributed by atoms with van der Waals surface area (Å²) in [6, 6.07) is 17.5. The molecule has 0 bridgehead atoms. The molecule has 1 saturated heterocycles. The van der Waals surface area contributed by atoms with Crippen molar-refractivity contribution in [3.63, 3.8) is 0 Å². The van der Waals surface area contributed by atoms with Crippen LogP contribution in [0.2, 0.25) is 0 Å². The molecule has 1 aromatic heterocycles.